The Morgan fingerprint density at radius 3 is 1.52 bits per heavy atom. The molecule has 0 amide bonds. The van der Waals surface area contributed by atoms with Crippen LogP contribution in [-0.4, -0.2) is 13.1 Å². The third-order valence-electron chi connectivity index (χ3n) is 5.39. The number of methoxy groups -OCH3 is 1. The summed E-state index contributed by atoms with van der Waals surface area (Å²) in [6, 6.07) is 40.1. The predicted octanol–water partition coefficient (Wildman–Crippen LogP) is 1.97. The van der Waals surface area contributed by atoms with E-state index in [4.69, 9.17) is 4.74 Å². The quantitative estimate of drug-likeness (QED) is 0.305. The van der Waals surface area contributed by atoms with Gasteiger partial charge < -0.3 is 21.7 Å². The lowest BCUT2D eigenvalue weighted by Gasteiger charge is -2.28. The molecule has 0 aliphatic carbocycles. The Morgan fingerprint density at radius 2 is 1.06 bits per heavy atom. The molecule has 0 heterocycles. The van der Waals surface area contributed by atoms with Crippen molar-refractivity contribution in [1.82, 2.24) is 0 Å². The van der Waals surface area contributed by atoms with Gasteiger partial charge in [-0.15, -0.1) is 0 Å². The zero-order valence-electron chi connectivity index (χ0n) is 17.3. The molecule has 0 saturated carbocycles. The van der Waals surface area contributed by atoms with E-state index in [-0.39, 0.29) is 23.0 Å². The highest BCUT2D eigenvalue weighted by Crippen LogP contribution is 2.58. The minimum absolute atomic E-state index is 0. The van der Waals surface area contributed by atoms with Gasteiger partial charge in [-0.2, -0.15) is 0 Å². The first-order valence-corrected chi connectivity index (χ1v) is 11.9. The number of carbonyl (C=O) groups excluding carboxylic acids is 1. The number of esters is 1. The molecule has 0 spiro atoms. The summed E-state index contributed by atoms with van der Waals surface area (Å²) in [4.78, 5) is 12.0. The number of rotatable bonds is 6. The number of ether oxygens (including phenoxy) is 1. The first-order chi connectivity index (χ1) is 14.7. The van der Waals surface area contributed by atoms with Crippen molar-refractivity contribution in [2.75, 3.05) is 7.11 Å². The van der Waals surface area contributed by atoms with Crippen LogP contribution in [-0.2, 0) is 10.9 Å². The number of carbonyl (C=O) groups is 1. The van der Waals surface area contributed by atoms with Gasteiger partial charge in [-0.25, -0.2) is 4.79 Å². The summed E-state index contributed by atoms with van der Waals surface area (Å²) in [7, 11) is -0.572. The Hall–Kier alpha value is -2.74. The number of benzene rings is 4. The van der Waals surface area contributed by atoms with Crippen LogP contribution in [0.4, 0.5) is 0 Å². The van der Waals surface area contributed by atoms with Gasteiger partial charge in [0.1, 0.15) is 23.2 Å². The summed E-state index contributed by atoms with van der Waals surface area (Å²) >= 11 is 0. The normalized spacial score (nSPS) is 10.7. The zero-order valence-corrected chi connectivity index (χ0v) is 19.8. The molecule has 156 valence electrons. The highest BCUT2D eigenvalue weighted by Gasteiger charge is 2.45. The van der Waals surface area contributed by atoms with E-state index in [1.807, 2.05) is 12.1 Å². The molecule has 4 aromatic carbocycles. The summed E-state index contributed by atoms with van der Waals surface area (Å²) < 4.78 is 4.90. The van der Waals surface area contributed by atoms with Crippen LogP contribution in [0.1, 0.15) is 15.9 Å². The minimum Gasteiger partial charge on any atom is -1.00 e. The average molecular weight is 491 g/mol. The van der Waals surface area contributed by atoms with Crippen LogP contribution in [0.3, 0.4) is 0 Å². The second-order valence-electron chi connectivity index (χ2n) is 7.16. The molecule has 0 fully saturated rings. The second kappa shape index (κ2) is 10.5. The molecular weight excluding hydrogens is 467 g/mol. The van der Waals surface area contributed by atoms with E-state index in [0.29, 0.717) is 5.56 Å². The topological polar surface area (TPSA) is 26.3 Å². The van der Waals surface area contributed by atoms with Crippen molar-refractivity contribution >= 4 is 29.1 Å². The van der Waals surface area contributed by atoms with Gasteiger partial charge in [0.05, 0.1) is 18.8 Å². The van der Waals surface area contributed by atoms with Crippen molar-refractivity contribution in [2.45, 2.75) is 6.16 Å². The standard InChI is InChI=1S/C27H24O2P.BrH/c1-29-27(28)23-17-19-26(20-18-23)30(24-13-7-3-8-14-24,25-15-9-4-10-16-25)21-22-11-5-2-6-12-22;/h2-20H,21H2,1H3;1H/q+1;/p-1. The monoisotopic (exact) mass is 490 g/mol. The molecule has 0 bridgehead atoms. The first kappa shape index (κ1) is 22.9. The molecule has 2 nitrogen and oxygen atoms in total. The summed E-state index contributed by atoms with van der Waals surface area (Å²) in [6.07, 6.45) is 0.916. The molecule has 0 aromatic heterocycles. The fraction of sp³-hybridized carbons (Fsp3) is 0.0741. The van der Waals surface area contributed by atoms with Gasteiger partial charge in [0.15, 0.2) is 0 Å². The molecule has 0 aliphatic heterocycles. The van der Waals surface area contributed by atoms with Crippen LogP contribution in [0.25, 0.3) is 0 Å². The van der Waals surface area contributed by atoms with E-state index >= 15 is 0 Å². The fourth-order valence-corrected chi connectivity index (χ4v) is 8.13. The largest absolute Gasteiger partial charge is 1.00 e. The van der Waals surface area contributed by atoms with Crippen LogP contribution in [0.5, 0.6) is 0 Å². The number of halogens is 1. The highest BCUT2D eigenvalue weighted by atomic mass is 79.9. The lowest BCUT2D eigenvalue weighted by Crippen LogP contribution is -3.00. The van der Waals surface area contributed by atoms with E-state index in [0.717, 1.165) is 6.16 Å². The number of hydrogen-bond acceptors (Lipinski definition) is 2. The van der Waals surface area contributed by atoms with Gasteiger partial charge >= 0.3 is 5.97 Å². The van der Waals surface area contributed by atoms with Crippen LogP contribution in [0.15, 0.2) is 115 Å². The average Bonchev–Trinajstić information content (AvgIpc) is 2.84. The van der Waals surface area contributed by atoms with E-state index < -0.39 is 7.26 Å². The molecule has 31 heavy (non-hydrogen) atoms. The van der Waals surface area contributed by atoms with E-state index in [9.17, 15) is 4.79 Å². The number of hydrogen-bond donors (Lipinski definition) is 0. The Bertz CT molecular complexity index is 1060. The summed E-state index contributed by atoms with van der Waals surface area (Å²) in [5.41, 5.74) is 1.87. The second-order valence-corrected chi connectivity index (χ2v) is 10.6. The molecule has 0 unspecified atom stereocenters. The molecule has 0 saturated heterocycles. The zero-order chi connectivity index (χ0) is 20.8. The summed E-state index contributed by atoms with van der Waals surface area (Å²) in [5.74, 6) is -0.312. The maximum Gasteiger partial charge on any atom is 0.337 e. The van der Waals surface area contributed by atoms with Crippen LogP contribution >= 0.6 is 7.26 Å². The molecular formula is C27H24BrO2P. The fourth-order valence-electron chi connectivity index (χ4n) is 3.91. The maximum absolute atomic E-state index is 12.0. The van der Waals surface area contributed by atoms with Gasteiger partial charge in [0, 0.05) is 0 Å². The minimum atomic E-state index is -1.99. The lowest BCUT2D eigenvalue weighted by atomic mass is 10.2. The van der Waals surface area contributed by atoms with E-state index in [1.165, 1.54) is 28.6 Å². The van der Waals surface area contributed by atoms with E-state index in [2.05, 4.69) is 103 Å². The first-order valence-electron chi connectivity index (χ1n) is 9.96. The van der Waals surface area contributed by atoms with Gasteiger partial charge in [0.2, 0.25) is 0 Å². The van der Waals surface area contributed by atoms with Crippen LogP contribution in [0.2, 0.25) is 0 Å². The highest BCUT2D eigenvalue weighted by molar-refractivity contribution is 7.95. The van der Waals surface area contributed by atoms with E-state index in [1.54, 1.807) is 0 Å². The Kier molecular flexibility index (Phi) is 7.79. The third-order valence-corrected chi connectivity index (χ3v) is 9.76. The van der Waals surface area contributed by atoms with Gasteiger partial charge in [-0.05, 0) is 54.1 Å². The maximum atomic E-state index is 12.0. The Balaban J connectivity index is 0.00000272. The van der Waals surface area contributed by atoms with Crippen molar-refractivity contribution in [3.63, 3.8) is 0 Å². The van der Waals surface area contributed by atoms with Crippen molar-refractivity contribution in [1.29, 1.82) is 0 Å². The molecule has 4 heteroatoms. The summed E-state index contributed by atoms with van der Waals surface area (Å²) in [6.45, 7) is 0. The van der Waals surface area contributed by atoms with Gasteiger partial charge in [-0.1, -0.05) is 66.7 Å². The Labute approximate surface area is 195 Å². The van der Waals surface area contributed by atoms with Crippen molar-refractivity contribution in [3.05, 3.63) is 126 Å². The molecule has 0 atom stereocenters. The molecule has 0 aliphatic rings. The third kappa shape index (κ3) is 4.79. The molecule has 4 aromatic rings. The molecule has 0 N–H and O–H groups in total. The van der Waals surface area contributed by atoms with Crippen molar-refractivity contribution in [2.24, 2.45) is 0 Å². The van der Waals surface area contributed by atoms with Crippen LogP contribution < -0.4 is 32.9 Å². The van der Waals surface area contributed by atoms with Crippen LogP contribution in [0, 0.1) is 0 Å². The smallest absolute Gasteiger partial charge is 0.337 e. The van der Waals surface area contributed by atoms with Crippen molar-refractivity contribution < 1.29 is 26.5 Å². The lowest BCUT2D eigenvalue weighted by molar-refractivity contribution is -0.0000204. The predicted molar refractivity (Wildman–Crippen MR) is 127 cm³/mol. The van der Waals surface area contributed by atoms with Crippen molar-refractivity contribution in [3.8, 4) is 0 Å². The Morgan fingerprint density at radius 1 is 0.645 bits per heavy atom. The van der Waals surface area contributed by atoms with Gasteiger partial charge in [0.25, 0.3) is 0 Å². The summed E-state index contributed by atoms with van der Waals surface area (Å²) in [5, 5.41) is 3.90. The molecule has 0 radical (unpaired) electrons. The molecule has 4 rings (SSSR count). The SMILES string of the molecule is COC(=O)c1ccc([P+](Cc2ccccc2)(c2ccccc2)c2ccccc2)cc1.[Br-]. The van der Waals surface area contributed by atoms with Gasteiger partial charge in [-0.3, -0.25) is 0 Å².